The van der Waals surface area contributed by atoms with Gasteiger partial charge in [-0.1, -0.05) is 25.5 Å². The van der Waals surface area contributed by atoms with Crippen LogP contribution in [0.4, 0.5) is 5.69 Å². The van der Waals surface area contributed by atoms with Crippen LogP contribution in [0, 0.1) is 13.0 Å². The van der Waals surface area contributed by atoms with Gasteiger partial charge in [0, 0.05) is 45.3 Å². The normalized spacial score (nSPS) is 15.9. The van der Waals surface area contributed by atoms with E-state index in [0.29, 0.717) is 0 Å². The second-order valence-electron chi connectivity index (χ2n) is 6.81. The summed E-state index contributed by atoms with van der Waals surface area (Å²) in [5.41, 5.74) is 5.23. The third-order valence-electron chi connectivity index (χ3n) is 4.70. The van der Waals surface area contributed by atoms with E-state index in [1.165, 1.54) is 27.6 Å². The molecule has 1 aliphatic rings. The van der Waals surface area contributed by atoms with Gasteiger partial charge in [0.25, 0.3) is 0 Å². The van der Waals surface area contributed by atoms with Gasteiger partial charge in [0.15, 0.2) is 0 Å². The van der Waals surface area contributed by atoms with Crippen molar-refractivity contribution in [1.82, 2.24) is 4.98 Å². The first-order valence-electron chi connectivity index (χ1n) is 7.43. The van der Waals surface area contributed by atoms with Crippen LogP contribution in [0.1, 0.15) is 25.0 Å². The smallest absolute Gasteiger partial charge is 0.0577 e. The van der Waals surface area contributed by atoms with Crippen molar-refractivity contribution in [3.05, 3.63) is 47.7 Å². The van der Waals surface area contributed by atoms with Gasteiger partial charge in [-0.15, -0.1) is 35.0 Å². The Labute approximate surface area is 144 Å². The molecule has 2 aromatic carbocycles. The van der Waals surface area contributed by atoms with Crippen LogP contribution in [-0.2, 0) is 25.5 Å². The molecular weight excluding hydrogens is 448 g/mol. The molecule has 4 rings (SSSR count). The maximum absolute atomic E-state index is 4.77. The van der Waals surface area contributed by atoms with Gasteiger partial charge in [-0.05, 0) is 23.4 Å². The van der Waals surface area contributed by atoms with Gasteiger partial charge in [0.2, 0.25) is 0 Å². The van der Waals surface area contributed by atoms with Crippen LogP contribution in [-0.4, -0.2) is 18.6 Å². The zero-order valence-electron chi connectivity index (χ0n) is 13.3. The SMILES string of the molecule is Cc1cc2c3c(cnc2c2[c-]cccc12)N(C)CC3(C)C.[Ir]. The largest absolute Gasteiger partial charge is 0.372 e. The van der Waals surface area contributed by atoms with Crippen LogP contribution in [0.5, 0.6) is 0 Å². The van der Waals surface area contributed by atoms with Gasteiger partial charge in [0.1, 0.15) is 0 Å². The second-order valence-corrected chi connectivity index (χ2v) is 6.81. The quantitative estimate of drug-likeness (QED) is 0.364. The van der Waals surface area contributed by atoms with E-state index in [4.69, 9.17) is 4.98 Å². The molecule has 1 aromatic heterocycles. The number of benzene rings is 2. The number of nitrogens with zero attached hydrogens (tertiary/aromatic N) is 2. The van der Waals surface area contributed by atoms with Crippen molar-refractivity contribution in [3.8, 4) is 0 Å². The molecular formula is C19H19IrN2-. The molecule has 0 saturated heterocycles. The summed E-state index contributed by atoms with van der Waals surface area (Å²) in [6.07, 6.45) is 2.03. The summed E-state index contributed by atoms with van der Waals surface area (Å²) in [6.45, 7) is 7.87. The van der Waals surface area contributed by atoms with Crippen molar-refractivity contribution in [2.24, 2.45) is 0 Å². The Bertz CT molecular complexity index is 883. The molecule has 3 aromatic rings. The summed E-state index contributed by atoms with van der Waals surface area (Å²) in [5.74, 6) is 0. The van der Waals surface area contributed by atoms with Crippen LogP contribution in [0.15, 0.2) is 30.5 Å². The molecule has 0 N–H and O–H groups in total. The topological polar surface area (TPSA) is 16.1 Å². The zero-order chi connectivity index (χ0) is 14.8. The molecule has 0 bridgehead atoms. The summed E-state index contributed by atoms with van der Waals surface area (Å²) in [7, 11) is 2.15. The van der Waals surface area contributed by atoms with E-state index in [2.05, 4.69) is 50.9 Å². The molecule has 1 radical (unpaired) electrons. The Morgan fingerprint density at radius 3 is 2.82 bits per heavy atom. The van der Waals surface area contributed by atoms with Crippen molar-refractivity contribution < 1.29 is 20.1 Å². The first-order chi connectivity index (χ1) is 9.99. The maximum Gasteiger partial charge on any atom is 0.0577 e. The van der Waals surface area contributed by atoms with Crippen LogP contribution in [0.3, 0.4) is 0 Å². The first kappa shape index (κ1) is 15.5. The molecule has 1 aliphatic heterocycles. The summed E-state index contributed by atoms with van der Waals surface area (Å²) in [4.78, 5) is 7.08. The number of anilines is 1. The number of hydrogen-bond donors (Lipinski definition) is 0. The third kappa shape index (κ3) is 1.99. The first-order valence-corrected chi connectivity index (χ1v) is 7.43. The third-order valence-corrected chi connectivity index (χ3v) is 4.70. The minimum absolute atomic E-state index is 0. The van der Waals surface area contributed by atoms with E-state index in [-0.39, 0.29) is 25.5 Å². The molecule has 0 amide bonds. The Balaban J connectivity index is 0.00000144. The standard InChI is InChI=1S/C19H19N2.Ir/c1-12-9-15-17-16(21(4)11-19(17,2)3)10-20-18(15)14-8-6-5-7-13(12)14;/h5-7,9-10H,11H2,1-4H3;/q-1;. The number of aromatic nitrogens is 1. The minimum atomic E-state index is 0. The van der Waals surface area contributed by atoms with Crippen molar-refractivity contribution in [3.63, 3.8) is 0 Å². The van der Waals surface area contributed by atoms with E-state index in [1.54, 1.807) is 0 Å². The van der Waals surface area contributed by atoms with Crippen LogP contribution in [0.2, 0.25) is 0 Å². The fourth-order valence-corrected chi connectivity index (χ4v) is 3.87. The summed E-state index contributed by atoms with van der Waals surface area (Å²) < 4.78 is 0. The van der Waals surface area contributed by atoms with Gasteiger partial charge in [0.05, 0.1) is 5.69 Å². The van der Waals surface area contributed by atoms with Crippen LogP contribution >= 0.6 is 0 Å². The molecule has 22 heavy (non-hydrogen) atoms. The number of rotatable bonds is 0. The minimum Gasteiger partial charge on any atom is -0.372 e. The molecule has 0 atom stereocenters. The maximum atomic E-state index is 4.77. The predicted octanol–water partition coefficient (Wildman–Crippen LogP) is 4.22. The molecule has 3 heteroatoms. The zero-order valence-corrected chi connectivity index (χ0v) is 15.7. The Morgan fingerprint density at radius 2 is 2.05 bits per heavy atom. The van der Waals surface area contributed by atoms with Gasteiger partial charge in [-0.2, -0.15) is 0 Å². The number of hydrogen-bond acceptors (Lipinski definition) is 2. The Kier molecular flexibility index (Phi) is 3.54. The van der Waals surface area contributed by atoms with Crippen molar-refractivity contribution in [1.29, 1.82) is 0 Å². The average Bonchev–Trinajstić information content (AvgIpc) is 2.69. The summed E-state index contributed by atoms with van der Waals surface area (Å²) >= 11 is 0. The molecule has 0 saturated carbocycles. The number of pyridine rings is 1. The molecule has 0 spiro atoms. The fourth-order valence-electron chi connectivity index (χ4n) is 3.87. The monoisotopic (exact) mass is 468 g/mol. The van der Waals surface area contributed by atoms with E-state index >= 15 is 0 Å². The van der Waals surface area contributed by atoms with Crippen molar-refractivity contribution in [2.45, 2.75) is 26.2 Å². The van der Waals surface area contributed by atoms with Crippen LogP contribution in [0.25, 0.3) is 21.7 Å². The van der Waals surface area contributed by atoms with Gasteiger partial charge >= 0.3 is 0 Å². The Hall–Kier alpha value is -1.44. The Morgan fingerprint density at radius 1 is 1.27 bits per heavy atom. The number of fused-ring (bicyclic) bond motifs is 5. The molecule has 0 aliphatic carbocycles. The van der Waals surface area contributed by atoms with Crippen LogP contribution < -0.4 is 4.90 Å². The van der Waals surface area contributed by atoms with E-state index in [9.17, 15) is 0 Å². The molecule has 2 heterocycles. The second kappa shape index (κ2) is 5.04. The summed E-state index contributed by atoms with van der Waals surface area (Å²) in [5, 5.41) is 3.68. The van der Waals surface area contributed by atoms with Crippen molar-refractivity contribution >= 4 is 27.4 Å². The predicted molar refractivity (Wildman–Crippen MR) is 89.1 cm³/mol. The number of likely N-dealkylation sites (N-methyl/N-ethyl adjacent to an activating group) is 1. The van der Waals surface area contributed by atoms with E-state index in [1.807, 2.05) is 18.3 Å². The van der Waals surface area contributed by atoms with Gasteiger partial charge in [-0.3, -0.25) is 0 Å². The van der Waals surface area contributed by atoms with Crippen molar-refractivity contribution in [2.75, 3.05) is 18.5 Å². The van der Waals surface area contributed by atoms with E-state index < -0.39 is 0 Å². The summed E-state index contributed by atoms with van der Waals surface area (Å²) in [6, 6.07) is 11.9. The average molecular weight is 468 g/mol. The molecule has 115 valence electrons. The molecule has 0 unspecified atom stereocenters. The fraction of sp³-hybridized carbons (Fsp3) is 0.316. The van der Waals surface area contributed by atoms with Gasteiger partial charge < -0.3 is 9.88 Å². The number of aryl methyl sites for hydroxylation is 1. The van der Waals surface area contributed by atoms with E-state index in [0.717, 1.165) is 17.4 Å². The molecule has 2 nitrogen and oxygen atoms in total. The van der Waals surface area contributed by atoms with Gasteiger partial charge in [-0.25, -0.2) is 0 Å². The molecule has 0 fully saturated rings.